The van der Waals surface area contributed by atoms with Gasteiger partial charge in [-0.3, -0.25) is 19.2 Å². The van der Waals surface area contributed by atoms with Gasteiger partial charge in [-0.1, -0.05) is 23.7 Å². The second-order valence-electron chi connectivity index (χ2n) is 14.5. The molecule has 2 saturated heterocycles. The highest BCUT2D eigenvalue weighted by Gasteiger charge is 2.45. The van der Waals surface area contributed by atoms with Crippen LogP contribution in [0.2, 0.25) is 0 Å². The molecule has 6 N–H and O–H groups in total. The molecule has 4 aliphatic rings. The molecule has 20 heteroatoms. The first-order valence-electron chi connectivity index (χ1n) is 18.0. The number of aliphatic hydroxyl groups is 2. The molecule has 0 saturated carbocycles. The summed E-state index contributed by atoms with van der Waals surface area (Å²) < 4.78 is 68.4. The molecule has 2 aromatic carbocycles. The number of hydrogen-bond acceptors (Lipinski definition) is 12. The standard InChI is InChI=1S/2C20H17F2N3O4S/c2*1-25-7-6-20(28,18(25)27)5-4-11-2-3-13-12(8-11)14-15(19(22,9-21)10-29-13)30-17(24-14)16(23)26/h2*2-3,8,28H,6-7,9-10H2,1H3,(H2,23,26)/t19-,20+;19-,20-/m10/s1. The number of likely N-dealkylation sites (N-methyl/N-ethyl adjacent to an activating group) is 2. The van der Waals surface area contributed by atoms with Crippen molar-refractivity contribution in [3.05, 3.63) is 67.3 Å². The van der Waals surface area contributed by atoms with Gasteiger partial charge in [-0.25, -0.2) is 27.5 Å². The average Bonchev–Trinajstić information content (AvgIpc) is 3.99. The molecule has 8 rings (SSSR count). The van der Waals surface area contributed by atoms with E-state index < -0.39 is 72.7 Å². The molecular weight excluding hydrogens is 833 g/mol. The van der Waals surface area contributed by atoms with Crippen LogP contribution in [-0.4, -0.2) is 119 Å². The van der Waals surface area contributed by atoms with E-state index in [0.717, 1.165) is 0 Å². The third kappa shape index (κ3) is 7.51. The molecular formula is C40H34F4N6O8S2. The van der Waals surface area contributed by atoms with Gasteiger partial charge in [0.15, 0.2) is 10.0 Å². The molecule has 6 heterocycles. The monoisotopic (exact) mass is 866 g/mol. The lowest BCUT2D eigenvalue weighted by Gasteiger charge is -2.18. The summed E-state index contributed by atoms with van der Waals surface area (Å²) in [5.41, 5.74) is 3.61. The van der Waals surface area contributed by atoms with Crippen molar-refractivity contribution in [2.45, 2.75) is 35.4 Å². The fourth-order valence-corrected chi connectivity index (χ4v) is 8.62. The highest BCUT2D eigenvalue weighted by atomic mass is 32.1. The molecule has 14 nitrogen and oxygen atoms in total. The van der Waals surface area contributed by atoms with E-state index in [4.69, 9.17) is 20.9 Å². The molecule has 4 aromatic rings. The topological polar surface area (TPSA) is 212 Å². The van der Waals surface area contributed by atoms with E-state index in [1.165, 1.54) is 34.1 Å². The number of benzene rings is 2. The van der Waals surface area contributed by atoms with E-state index >= 15 is 8.78 Å². The van der Waals surface area contributed by atoms with Crippen LogP contribution in [0.5, 0.6) is 11.5 Å². The molecule has 4 amide bonds. The number of primary amides is 2. The minimum atomic E-state index is -2.47. The number of alkyl halides is 4. The van der Waals surface area contributed by atoms with Gasteiger partial charge in [-0.2, -0.15) is 0 Å². The number of nitrogens with two attached hydrogens (primary N) is 2. The van der Waals surface area contributed by atoms with Crippen LogP contribution < -0.4 is 20.9 Å². The van der Waals surface area contributed by atoms with Crippen LogP contribution in [0.3, 0.4) is 0 Å². The Morgan fingerprint density at radius 2 is 1.13 bits per heavy atom. The minimum Gasteiger partial charge on any atom is -0.489 e. The number of amides is 4. The summed E-state index contributed by atoms with van der Waals surface area (Å²) in [4.78, 5) is 58.1. The number of halogens is 4. The number of likely N-dealkylation sites (tertiary alicyclic amines) is 2. The summed E-state index contributed by atoms with van der Waals surface area (Å²) in [6, 6.07) is 9.23. The van der Waals surface area contributed by atoms with Crippen LogP contribution in [0.4, 0.5) is 17.6 Å². The summed E-state index contributed by atoms with van der Waals surface area (Å²) in [5, 5.41) is 20.6. The molecule has 312 valence electrons. The van der Waals surface area contributed by atoms with E-state index in [1.807, 2.05) is 0 Å². The molecule has 0 aliphatic carbocycles. The van der Waals surface area contributed by atoms with Crippen LogP contribution in [-0.2, 0) is 20.9 Å². The maximum Gasteiger partial charge on any atom is 0.277 e. The number of carbonyl (C=O) groups excluding carboxylic acids is 4. The molecule has 2 aromatic heterocycles. The highest BCUT2D eigenvalue weighted by Crippen LogP contribution is 2.47. The Labute approximate surface area is 347 Å². The predicted molar refractivity (Wildman–Crippen MR) is 209 cm³/mol. The first-order chi connectivity index (χ1) is 28.3. The first-order valence-corrected chi connectivity index (χ1v) is 19.7. The fourth-order valence-electron chi connectivity index (χ4n) is 6.67. The molecule has 2 fully saturated rings. The van der Waals surface area contributed by atoms with E-state index in [1.54, 1.807) is 26.2 Å². The summed E-state index contributed by atoms with van der Waals surface area (Å²) in [7, 11) is 3.16. The van der Waals surface area contributed by atoms with Crippen LogP contribution in [0.25, 0.3) is 22.5 Å². The highest BCUT2D eigenvalue weighted by molar-refractivity contribution is 7.14. The Kier molecular flexibility index (Phi) is 10.9. The van der Waals surface area contributed by atoms with Crippen molar-refractivity contribution in [1.82, 2.24) is 19.8 Å². The maximum atomic E-state index is 15.2. The van der Waals surface area contributed by atoms with Gasteiger partial charge in [-0.15, -0.1) is 22.7 Å². The second-order valence-corrected chi connectivity index (χ2v) is 16.5. The largest absolute Gasteiger partial charge is 0.489 e. The van der Waals surface area contributed by atoms with Gasteiger partial charge in [0, 0.05) is 62.3 Å². The summed E-state index contributed by atoms with van der Waals surface area (Å²) in [5.74, 6) is 8.54. The third-order valence-electron chi connectivity index (χ3n) is 10.1. The fraction of sp³-hybridized carbons (Fsp3) is 0.350. The van der Waals surface area contributed by atoms with Gasteiger partial charge >= 0.3 is 0 Å². The van der Waals surface area contributed by atoms with Crippen molar-refractivity contribution in [3.63, 3.8) is 0 Å². The Balaban J connectivity index is 0.000000181. The van der Waals surface area contributed by atoms with Crippen molar-refractivity contribution in [2.75, 3.05) is 53.7 Å². The second kappa shape index (κ2) is 15.5. The number of thiazole rings is 2. The number of carbonyl (C=O) groups is 4. The number of fused-ring (bicyclic) bond motifs is 6. The lowest BCUT2D eigenvalue weighted by molar-refractivity contribution is -0.138. The maximum absolute atomic E-state index is 15.2. The van der Waals surface area contributed by atoms with Crippen LogP contribution in [0.15, 0.2) is 36.4 Å². The minimum absolute atomic E-state index is 0.0560. The van der Waals surface area contributed by atoms with Gasteiger partial charge in [0.05, 0.1) is 21.1 Å². The average molecular weight is 867 g/mol. The zero-order valence-electron chi connectivity index (χ0n) is 31.7. The normalized spacial score (nSPS) is 24.9. The molecule has 60 heavy (non-hydrogen) atoms. The number of rotatable bonds is 4. The number of aromatic nitrogens is 2. The smallest absolute Gasteiger partial charge is 0.277 e. The summed E-state index contributed by atoms with van der Waals surface area (Å²) in [6.07, 6.45) is 0.366. The van der Waals surface area contributed by atoms with Gasteiger partial charge in [-0.05, 0) is 36.4 Å². The number of ether oxygens (including phenoxy) is 2. The number of nitrogens with zero attached hydrogens (tertiary/aromatic N) is 4. The Hall–Kier alpha value is -6.06. The lowest BCUT2D eigenvalue weighted by Crippen LogP contribution is -2.37. The SMILES string of the molecule is CN1CC[C@@](O)(C#Cc2ccc3c(c2)-c2nc(C(N)=O)sc2[C@@](F)(CF)CO3)C1=O.CN1CC[C@@](O)(C#Cc2ccc3c(c2)-c2nc(C(N)=O)sc2[C@](F)(CF)CO3)C1=O. The molecule has 0 radical (unpaired) electrons. The molecule has 4 atom stereocenters. The Morgan fingerprint density at radius 1 is 0.750 bits per heavy atom. The van der Waals surface area contributed by atoms with E-state index in [0.29, 0.717) is 58.0 Å². The van der Waals surface area contributed by atoms with Gasteiger partial charge < -0.3 is 41.0 Å². The van der Waals surface area contributed by atoms with Gasteiger partial charge in [0.1, 0.15) is 38.1 Å². The van der Waals surface area contributed by atoms with Crippen molar-refractivity contribution in [1.29, 1.82) is 0 Å². The first kappa shape index (κ1) is 42.1. The van der Waals surface area contributed by atoms with Crippen molar-refractivity contribution >= 4 is 46.3 Å². The van der Waals surface area contributed by atoms with E-state index in [2.05, 4.69) is 33.6 Å². The zero-order chi connectivity index (χ0) is 43.4. The van der Waals surface area contributed by atoms with E-state index in [-0.39, 0.29) is 55.5 Å². The van der Waals surface area contributed by atoms with Crippen molar-refractivity contribution in [3.8, 4) is 57.7 Å². The summed E-state index contributed by atoms with van der Waals surface area (Å²) in [6.45, 7) is -3.11. The van der Waals surface area contributed by atoms with Crippen molar-refractivity contribution in [2.24, 2.45) is 11.5 Å². The van der Waals surface area contributed by atoms with Gasteiger partial charge in [0.2, 0.25) is 22.5 Å². The van der Waals surface area contributed by atoms with Gasteiger partial charge in [0.25, 0.3) is 23.6 Å². The molecule has 0 unspecified atom stereocenters. The van der Waals surface area contributed by atoms with E-state index in [9.17, 15) is 38.2 Å². The molecule has 0 spiro atoms. The zero-order valence-corrected chi connectivity index (χ0v) is 33.4. The molecule has 0 bridgehead atoms. The summed E-state index contributed by atoms with van der Waals surface area (Å²) >= 11 is 1.37. The Bertz CT molecular complexity index is 2430. The third-order valence-corrected chi connectivity index (χ3v) is 12.6. The van der Waals surface area contributed by atoms with Crippen LogP contribution in [0, 0.1) is 23.7 Å². The van der Waals surface area contributed by atoms with Crippen LogP contribution >= 0.6 is 22.7 Å². The van der Waals surface area contributed by atoms with Crippen molar-refractivity contribution < 1.29 is 56.4 Å². The quantitative estimate of drug-likeness (QED) is 0.174. The Morgan fingerprint density at radius 3 is 1.45 bits per heavy atom. The van der Waals surface area contributed by atoms with Crippen LogP contribution in [0.1, 0.15) is 53.3 Å². The molecule has 4 aliphatic heterocycles. The number of hydrogen-bond donors (Lipinski definition) is 4. The predicted octanol–water partition coefficient (Wildman–Crippen LogP) is 2.76. The lowest BCUT2D eigenvalue weighted by atomic mass is 10.00.